The molecule has 0 heterocycles. The van der Waals surface area contributed by atoms with E-state index in [0.29, 0.717) is 6.54 Å². The molecule has 0 saturated heterocycles. The Bertz CT molecular complexity index is 368. The number of phenols is 1. The van der Waals surface area contributed by atoms with E-state index in [9.17, 15) is 9.50 Å². The maximum atomic E-state index is 13.2. The van der Waals surface area contributed by atoms with Crippen molar-refractivity contribution in [2.24, 2.45) is 5.92 Å². The number of hydrogen-bond acceptors (Lipinski definition) is 2. The van der Waals surface area contributed by atoms with Crippen LogP contribution in [0.5, 0.6) is 5.75 Å². The summed E-state index contributed by atoms with van der Waals surface area (Å²) in [6.45, 7) is 1.76. The second kappa shape index (κ2) is 6.19. The van der Waals surface area contributed by atoms with Gasteiger partial charge >= 0.3 is 0 Å². The largest absolute Gasteiger partial charge is 0.508 e. The van der Waals surface area contributed by atoms with Gasteiger partial charge in [-0.25, -0.2) is 4.39 Å². The first-order chi connectivity index (χ1) is 8.63. The Labute approximate surface area is 108 Å². The van der Waals surface area contributed by atoms with Gasteiger partial charge < -0.3 is 10.0 Å². The summed E-state index contributed by atoms with van der Waals surface area (Å²) in [5, 5.41) is 9.37. The molecule has 0 aliphatic heterocycles. The van der Waals surface area contributed by atoms with Crippen molar-refractivity contribution in [3.8, 4) is 5.75 Å². The molecule has 2 nitrogen and oxygen atoms in total. The van der Waals surface area contributed by atoms with E-state index < -0.39 is 0 Å². The van der Waals surface area contributed by atoms with Crippen molar-refractivity contribution in [2.75, 3.05) is 13.6 Å². The van der Waals surface area contributed by atoms with Crippen molar-refractivity contribution in [1.82, 2.24) is 4.90 Å². The lowest BCUT2D eigenvalue weighted by Gasteiger charge is -2.27. The third kappa shape index (κ3) is 3.98. The summed E-state index contributed by atoms with van der Waals surface area (Å²) in [4.78, 5) is 2.23. The number of rotatable bonds is 4. The fraction of sp³-hybridized carbons (Fsp3) is 0.600. The average Bonchev–Trinajstić information content (AvgIpc) is 2.28. The van der Waals surface area contributed by atoms with E-state index in [1.54, 1.807) is 6.07 Å². The van der Waals surface area contributed by atoms with Crippen molar-refractivity contribution < 1.29 is 9.50 Å². The molecule has 1 aliphatic rings. The first kappa shape index (κ1) is 13.3. The van der Waals surface area contributed by atoms with Gasteiger partial charge in [-0.05, 0) is 43.5 Å². The molecule has 0 atom stereocenters. The van der Waals surface area contributed by atoms with Gasteiger partial charge in [-0.3, -0.25) is 0 Å². The van der Waals surface area contributed by atoms with Crippen LogP contribution in [0.15, 0.2) is 18.2 Å². The van der Waals surface area contributed by atoms with E-state index >= 15 is 0 Å². The summed E-state index contributed by atoms with van der Waals surface area (Å²) in [6.07, 6.45) is 6.70. The quantitative estimate of drug-likeness (QED) is 0.884. The maximum absolute atomic E-state index is 13.2. The van der Waals surface area contributed by atoms with Crippen LogP contribution in [0.25, 0.3) is 0 Å². The summed E-state index contributed by atoms with van der Waals surface area (Å²) in [5.41, 5.74) is 0.839. The Morgan fingerprint density at radius 3 is 2.61 bits per heavy atom. The highest BCUT2D eigenvalue weighted by Crippen LogP contribution is 2.24. The molecule has 0 aromatic heterocycles. The summed E-state index contributed by atoms with van der Waals surface area (Å²) in [6, 6.07) is 4.28. The van der Waals surface area contributed by atoms with E-state index in [0.717, 1.165) is 24.1 Å². The minimum Gasteiger partial charge on any atom is -0.508 e. The third-order valence-corrected chi connectivity index (χ3v) is 3.69. The molecule has 1 aromatic rings. The van der Waals surface area contributed by atoms with Gasteiger partial charge in [0.15, 0.2) is 0 Å². The topological polar surface area (TPSA) is 23.5 Å². The standard InChI is InChI=1S/C15H22FNO/c1-17(10-12-5-3-2-4-6-12)11-13-7-14(16)9-15(18)8-13/h7-9,12,18H,2-6,10-11H2,1H3. The average molecular weight is 251 g/mol. The lowest BCUT2D eigenvalue weighted by Crippen LogP contribution is -2.26. The van der Waals surface area contributed by atoms with Gasteiger partial charge in [0, 0.05) is 19.2 Å². The summed E-state index contributed by atoms with van der Waals surface area (Å²) >= 11 is 0. The number of phenolic OH excluding ortho intramolecular Hbond substituents is 1. The van der Waals surface area contributed by atoms with Crippen LogP contribution < -0.4 is 0 Å². The van der Waals surface area contributed by atoms with E-state index in [-0.39, 0.29) is 11.6 Å². The molecule has 0 radical (unpaired) electrons. The monoisotopic (exact) mass is 251 g/mol. The Morgan fingerprint density at radius 2 is 1.94 bits per heavy atom. The van der Waals surface area contributed by atoms with Crippen molar-refractivity contribution in [3.63, 3.8) is 0 Å². The minimum absolute atomic E-state index is 0.0102. The van der Waals surface area contributed by atoms with Gasteiger partial charge in [-0.15, -0.1) is 0 Å². The highest BCUT2D eigenvalue weighted by molar-refractivity contribution is 5.28. The second-order valence-electron chi connectivity index (χ2n) is 5.52. The van der Waals surface area contributed by atoms with Crippen molar-refractivity contribution >= 4 is 0 Å². The fourth-order valence-electron chi connectivity index (χ4n) is 2.91. The SMILES string of the molecule is CN(Cc1cc(O)cc(F)c1)CC1CCCCC1. The molecule has 18 heavy (non-hydrogen) atoms. The second-order valence-corrected chi connectivity index (χ2v) is 5.52. The van der Waals surface area contributed by atoms with Crippen LogP contribution in [0.1, 0.15) is 37.7 Å². The molecule has 1 N–H and O–H groups in total. The Hall–Kier alpha value is -1.09. The van der Waals surface area contributed by atoms with E-state index in [1.165, 1.54) is 38.2 Å². The van der Waals surface area contributed by atoms with Crippen LogP contribution in [0.2, 0.25) is 0 Å². The Balaban J connectivity index is 1.87. The highest BCUT2D eigenvalue weighted by Gasteiger charge is 2.15. The Kier molecular flexibility index (Phi) is 4.59. The van der Waals surface area contributed by atoms with Gasteiger partial charge in [0.2, 0.25) is 0 Å². The molecule has 0 amide bonds. The van der Waals surface area contributed by atoms with Crippen molar-refractivity contribution in [1.29, 1.82) is 0 Å². The lowest BCUT2D eigenvalue weighted by molar-refractivity contribution is 0.228. The highest BCUT2D eigenvalue weighted by atomic mass is 19.1. The van der Waals surface area contributed by atoms with Crippen LogP contribution in [-0.2, 0) is 6.54 Å². The van der Waals surface area contributed by atoms with Gasteiger partial charge in [-0.1, -0.05) is 19.3 Å². The van der Waals surface area contributed by atoms with Crippen LogP contribution in [0.4, 0.5) is 4.39 Å². The van der Waals surface area contributed by atoms with E-state index in [2.05, 4.69) is 11.9 Å². The summed E-state index contributed by atoms with van der Waals surface area (Å²) in [5.74, 6) is 0.429. The van der Waals surface area contributed by atoms with Crippen molar-refractivity contribution in [3.05, 3.63) is 29.6 Å². The zero-order valence-electron chi connectivity index (χ0n) is 11.0. The smallest absolute Gasteiger partial charge is 0.127 e. The van der Waals surface area contributed by atoms with Gasteiger partial charge in [0.05, 0.1) is 0 Å². The van der Waals surface area contributed by atoms with E-state index in [4.69, 9.17) is 0 Å². The van der Waals surface area contributed by atoms with Gasteiger partial charge in [-0.2, -0.15) is 0 Å². The summed E-state index contributed by atoms with van der Waals surface area (Å²) < 4.78 is 13.2. The molecule has 0 bridgehead atoms. The number of benzene rings is 1. The first-order valence-corrected chi connectivity index (χ1v) is 6.80. The zero-order chi connectivity index (χ0) is 13.0. The number of hydrogen-bond donors (Lipinski definition) is 1. The zero-order valence-corrected chi connectivity index (χ0v) is 11.0. The molecule has 1 aliphatic carbocycles. The molecule has 0 unspecified atom stereocenters. The third-order valence-electron chi connectivity index (χ3n) is 3.69. The molecule has 1 fully saturated rings. The molecule has 3 heteroatoms. The normalized spacial score (nSPS) is 17.3. The number of nitrogens with zero attached hydrogens (tertiary/aromatic N) is 1. The van der Waals surface area contributed by atoms with Crippen LogP contribution in [0.3, 0.4) is 0 Å². The molecular formula is C15H22FNO. The first-order valence-electron chi connectivity index (χ1n) is 6.80. The lowest BCUT2D eigenvalue weighted by atomic mass is 9.89. The van der Waals surface area contributed by atoms with Crippen LogP contribution in [0, 0.1) is 11.7 Å². The minimum atomic E-state index is -0.365. The maximum Gasteiger partial charge on any atom is 0.127 e. The molecule has 1 aromatic carbocycles. The van der Waals surface area contributed by atoms with Crippen LogP contribution >= 0.6 is 0 Å². The van der Waals surface area contributed by atoms with E-state index in [1.807, 2.05) is 0 Å². The molecule has 1 saturated carbocycles. The van der Waals surface area contributed by atoms with Crippen molar-refractivity contribution in [2.45, 2.75) is 38.6 Å². The molecule has 100 valence electrons. The number of halogens is 1. The summed E-state index contributed by atoms with van der Waals surface area (Å²) in [7, 11) is 2.07. The van der Waals surface area contributed by atoms with Gasteiger partial charge in [0.1, 0.15) is 11.6 Å². The van der Waals surface area contributed by atoms with Crippen LogP contribution in [-0.4, -0.2) is 23.6 Å². The molecule has 0 spiro atoms. The number of aromatic hydroxyl groups is 1. The fourth-order valence-corrected chi connectivity index (χ4v) is 2.91. The van der Waals surface area contributed by atoms with Gasteiger partial charge in [0.25, 0.3) is 0 Å². The molecule has 2 rings (SSSR count). The predicted octanol–water partition coefficient (Wildman–Crippen LogP) is 3.54. The predicted molar refractivity (Wildman–Crippen MR) is 71.0 cm³/mol. The Morgan fingerprint density at radius 1 is 1.22 bits per heavy atom. The molecular weight excluding hydrogens is 229 g/mol.